The quantitative estimate of drug-likeness (QED) is 0.304. The molecule has 0 aliphatic rings. The molecule has 0 bridgehead atoms. The fourth-order valence-corrected chi connectivity index (χ4v) is 0.153. The summed E-state index contributed by atoms with van der Waals surface area (Å²) in [4.78, 5) is 19.4. The van der Waals surface area contributed by atoms with E-state index >= 15 is 0 Å². The van der Waals surface area contributed by atoms with Crippen molar-refractivity contribution < 1.29 is 45.7 Å². The van der Waals surface area contributed by atoms with Crippen molar-refractivity contribution in [2.45, 2.75) is 0 Å². The Morgan fingerprint density at radius 2 is 1.89 bits per heavy atom. The summed E-state index contributed by atoms with van der Waals surface area (Å²) in [5, 5.41) is 7.87. The predicted molar refractivity (Wildman–Crippen MR) is 27.1 cm³/mol. The molecule has 9 heavy (non-hydrogen) atoms. The zero-order valence-electron chi connectivity index (χ0n) is 6.00. The van der Waals surface area contributed by atoms with E-state index in [1.807, 2.05) is 0 Å². The third-order valence-corrected chi connectivity index (χ3v) is 0.390. The van der Waals surface area contributed by atoms with Crippen LogP contribution in [0.4, 0.5) is 0 Å². The smallest absolute Gasteiger partial charge is 1.00 e. The number of carboxylic acids is 1. The number of primary amides is 1. The SMILES string of the molecule is NC(=O)C=CC(=O)O.[H-].[Na+]. The van der Waals surface area contributed by atoms with Crippen LogP contribution in [0.1, 0.15) is 1.43 Å². The average Bonchev–Trinajstić information content (AvgIpc) is 1.61. The minimum Gasteiger partial charge on any atom is -1.00 e. The predicted octanol–water partition coefficient (Wildman–Crippen LogP) is -3.77. The zero-order valence-corrected chi connectivity index (χ0v) is 7.00. The Bertz CT molecular complexity index is 131. The van der Waals surface area contributed by atoms with Gasteiger partial charge in [0.15, 0.2) is 0 Å². The van der Waals surface area contributed by atoms with Gasteiger partial charge in [0, 0.05) is 12.2 Å². The summed E-state index contributed by atoms with van der Waals surface area (Å²) in [5.74, 6) is -1.93. The molecule has 0 aromatic rings. The van der Waals surface area contributed by atoms with E-state index in [2.05, 4.69) is 5.73 Å². The average molecular weight is 139 g/mol. The van der Waals surface area contributed by atoms with Gasteiger partial charge in [-0.1, -0.05) is 0 Å². The van der Waals surface area contributed by atoms with Crippen LogP contribution in [0.5, 0.6) is 0 Å². The van der Waals surface area contributed by atoms with Gasteiger partial charge in [-0.15, -0.1) is 0 Å². The van der Waals surface area contributed by atoms with E-state index in [4.69, 9.17) is 5.11 Å². The summed E-state index contributed by atoms with van der Waals surface area (Å²) in [6.07, 6.45) is 1.46. The molecule has 0 atom stereocenters. The van der Waals surface area contributed by atoms with Gasteiger partial charge in [0.1, 0.15) is 0 Å². The number of amides is 1. The van der Waals surface area contributed by atoms with E-state index in [9.17, 15) is 9.59 Å². The summed E-state index contributed by atoms with van der Waals surface area (Å²) < 4.78 is 0. The third-order valence-electron chi connectivity index (χ3n) is 0.390. The summed E-state index contributed by atoms with van der Waals surface area (Å²) >= 11 is 0. The summed E-state index contributed by atoms with van der Waals surface area (Å²) in [6.45, 7) is 0. The second-order valence-corrected chi connectivity index (χ2v) is 1.07. The van der Waals surface area contributed by atoms with Gasteiger partial charge < -0.3 is 12.3 Å². The molecule has 0 fully saturated rings. The molecule has 0 rings (SSSR count). The number of hydrogen-bond donors (Lipinski definition) is 2. The number of carboxylic acid groups (broad SMARTS) is 1. The normalized spacial score (nSPS) is 8.44. The maximum absolute atomic E-state index is 9.78. The molecule has 0 aliphatic carbocycles. The van der Waals surface area contributed by atoms with E-state index in [0.717, 1.165) is 6.08 Å². The third kappa shape index (κ3) is 11.3. The first-order valence-electron chi connectivity index (χ1n) is 1.83. The molecular formula is C4H6NNaO3. The van der Waals surface area contributed by atoms with E-state index in [-0.39, 0.29) is 31.0 Å². The Kier molecular flexibility index (Phi) is 7.41. The molecule has 0 aromatic carbocycles. The van der Waals surface area contributed by atoms with Gasteiger partial charge in [-0.25, -0.2) is 4.79 Å². The summed E-state index contributed by atoms with van der Waals surface area (Å²) in [5.41, 5.74) is 4.55. The maximum Gasteiger partial charge on any atom is 1.00 e. The van der Waals surface area contributed by atoms with Gasteiger partial charge in [0.2, 0.25) is 5.91 Å². The van der Waals surface area contributed by atoms with Crippen LogP contribution in [0, 0.1) is 0 Å². The molecule has 4 nitrogen and oxygen atoms in total. The van der Waals surface area contributed by atoms with E-state index in [1.54, 1.807) is 0 Å². The Labute approximate surface area is 75.5 Å². The Balaban J connectivity index is -0.000000245. The first-order valence-corrected chi connectivity index (χ1v) is 1.83. The molecule has 1 amide bonds. The van der Waals surface area contributed by atoms with Crippen LogP contribution < -0.4 is 35.3 Å². The van der Waals surface area contributed by atoms with E-state index < -0.39 is 11.9 Å². The molecule has 0 spiro atoms. The molecule has 3 N–H and O–H groups in total. The van der Waals surface area contributed by atoms with Crippen LogP contribution in [0.2, 0.25) is 0 Å². The number of carbonyl (C=O) groups excluding carboxylic acids is 1. The van der Waals surface area contributed by atoms with Crippen LogP contribution in [0.3, 0.4) is 0 Å². The molecule has 0 radical (unpaired) electrons. The second kappa shape index (κ2) is 5.81. The monoisotopic (exact) mass is 139 g/mol. The van der Waals surface area contributed by atoms with E-state index in [1.165, 1.54) is 0 Å². The largest absolute Gasteiger partial charge is 1.00 e. The molecule has 0 aromatic heterocycles. The maximum atomic E-state index is 9.78. The first kappa shape index (κ1) is 11.5. The van der Waals surface area contributed by atoms with Crippen LogP contribution in [0.25, 0.3) is 0 Å². The van der Waals surface area contributed by atoms with Crippen molar-refractivity contribution in [1.29, 1.82) is 0 Å². The molecule has 0 saturated heterocycles. The van der Waals surface area contributed by atoms with Crippen LogP contribution >= 0.6 is 0 Å². The molecule has 0 unspecified atom stereocenters. The minimum absolute atomic E-state index is 0. The standard InChI is InChI=1S/C4H5NO3.Na.H/c5-3(6)1-2-4(7)8;;/h1-2H,(H2,5,6)(H,7,8);;/q;+1;-1. The molecular weight excluding hydrogens is 133 g/mol. The van der Waals surface area contributed by atoms with Gasteiger partial charge in [-0.2, -0.15) is 0 Å². The van der Waals surface area contributed by atoms with Crippen molar-refractivity contribution >= 4 is 11.9 Å². The van der Waals surface area contributed by atoms with Gasteiger partial charge in [-0.05, 0) is 0 Å². The van der Waals surface area contributed by atoms with Crippen LogP contribution in [-0.4, -0.2) is 17.0 Å². The van der Waals surface area contributed by atoms with Crippen molar-refractivity contribution in [3.05, 3.63) is 12.2 Å². The number of rotatable bonds is 2. The second-order valence-electron chi connectivity index (χ2n) is 1.07. The van der Waals surface area contributed by atoms with Crippen molar-refractivity contribution in [3.8, 4) is 0 Å². The first-order chi connectivity index (χ1) is 3.63. The van der Waals surface area contributed by atoms with Gasteiger partial charge >= 0.3 is 35.5 Å². The fraction of sp³-hybridized carbons (Fsp3) is 0. The van der Waals surface area contributed by atoms with Gasteiger partial charge in [-0.3, -0.25) is 4.79 Å². The molecule has 5 heteroatoms. The van der Waals surface area contributed by atoms with Crippen LogP contribution in [0.15, 0.2) is 12.2 Å². The number of carbonyl (C=O) groups is 2. The zero-order chi connectivity index (χ0) is 6.57. The van der Waals surface area contributed by atoms with Crippen molar-refractivity contribution in [2.24, 2.45) is 5.73 Å². The number of nitrogens with two attached hydrogens (primary N) is 1. The number of hydrogen-bond acceptors (Lipinski definition) is 2. The molecule has 46 valence electrons. The molecule has 0 aliphatic heterocycles. The molecule has 0 saturated carbocycles. The van der Waals surface area contributed by atoms with Crippen molar-refractivity contribution in [1.82, 2.24) is 0 Å². The van der Waals surface area contributed by atoms with Gasteiger partial charge in [0.05, 0.1) is 0 Å². The summed E-state index contributed by atoms with van der Waals surface area (Å²) in [7, 11) is 0. The fourth-order valence-electron chi connectivity index (χ4n) is 0.153. The topological polar surface area (TPSA) is 80.4 Å². The summed E-state index contributed by atoms with van der Waals surface area (Å²) in [6, 6.07) is 0. The van der Waals surface area contributed by atoms with Crippen molar-refractivity contribution in [3.63, 3.8) is 0 Å². The van der Waals surface area contributed by atoms with Crippen molar-refractivity contribution in [2.75, 3.05) is 0 Å². The minimum atomic E-state index is -1.18. The van der Waals surface area contributed by atoms with E-state index in [0.29, 0.717) is 6.08 Å². The Morgan fingerprint density at radius 3 is 2.00 bits per heavy atom. The Hall–Kier alpha value is -0.320. The van der Waals surface area contributed by atoms with Crippen LogP contribution in [-0.2, 0) is 9.59 Å². The Morgan fingerprint density at radius 1 is 1.44 bits per heavy atom. The number of aliphatic carboxylic acids is 1. The molecule has 0 heterocycles. The van der Waals surface area contributed by atoms with Gasteiger partial charge in [0.25, 0.3) is 0 Å².